The summed E-state index contributed by atoms with van der Waals surface area (Å²) in [4.78, 5) is 0.632. The van der Waals surface area contributed by atoms with Crippen LogP contribution in [0, 0.1) is 5.82 Å². The summed E-state index contributed by atoms with van der Waals surface area (Å²) in [6, 6.07) is 14.6. The van der Waals surface area contributed by atoms with Gasteiger partial charge < -0.3 is 5.11 Å². The summed E-state index contributed by atoms with van der Waals surface area (Å²) in [5.41, 5.74) is 1.38. The van der Waals surface area contributed by atoms with E-state index in [-0.39, 0.29) is 11.6 Å². The maximum Gasteiger partial charge on any atom is 0.129 e. The van der Waals surface area contributed by atoms with Crippen LogP contribution in [-0.4, -0.2) is 10.9 Å². The van der Waals surface area contributed by atoms with Gasteiger partial charge in [-0.25, -0.2) is 4.39 Å². The van der Waals surface area contributed by atoms with E-state index in [0.717, 1.165) is 25.0 Å². The van der Waals surface area contributed by atoms with Crippen molar-refractivity contribution in [3.63, 3.8) is 0 Å². The molecule has 1 nitrogen and oxygen atoms in total. The highest BCUT2D eigenvalue weighted by Crippen LogP contribution is 2.29. The molecule has 0 unspecified atom stereocenters. The van der Waals surface area contributed by atoms with Crippen LogP contribution in [0.4, 0.5) is 4.39 Å². The topological polar surface area (TPSA) is 20.2 Å². The van der Waals surface area contributed by atoms with Crippen LogP contribution in [0.2, 0.25) is 0 Å². The molecule has 0 aromatic heterocycles. The Bertz CT molecular complexity index is 528. The number of aromatic hydroxyl groups is 1. The number of halogens is 1. The third-order valence-corrected chi connectivity index (χ3v) is 4.26. The molecule has 0 saturated carbocycles. The molecule has 0 fully saturated rings. The molecule has 3 heteroatoms. The molecule has 0 saturated heterocycles. The maximum absolute atomic E-state index is 13.0. The molecule has 0 atom stereocenters. The molecule has 0 spiro atoms. The second-order valence-corrected chi connectivity index (χ2v) is 5.89. The first-order valence-electron chi connectivity index (χ1n) is 6.91. The lowest BCUT2D eigenvalue weighted by atomic mass is 10.1. The lowest BCUT2D eigenvalue weighted by Gasteiger charge is -2.05. The van der Waals surface area contributed by atoms with Crippen molar-refractivity contribution >= 4 is 11.8 Å². The second kappa shape index (κ2) is 7.95. The highest BCUT2D eigenvalue weighted by Gasteiger charge is 2.03. The summed E-state index contributed by atoms with van der Waals surface area (Å²) in [6.45, 7) is 0. The average molecular weight is 290 g/mol. The van der Waals surface area contributed by atoms with Crippen molar-refractivity contribution in [2.24, 2.45) is 0 Å². The molecule has 106 valence electrons. The van der Waals surface area contributed by atoms with Gasteiger partial charge in [0.1, 0.15) is 11.6 Å². The van der Waals surface area contributed by atoms with Gasteiger partial charge in [-0.05, 0) is 48.8 Å². The van der Waals surface area contributed by atoms with E-state index >= 15 is 0 Å². The summed E-state index contributed by atoms with van der Waals surface area (Å²) < 4.78 is 13.0. The quantitative estimate of drug-likeness (QED) is 0.569. The van der Waals surface area contributed by atoms with Crippen LogP contribution in [0.15, 0.2) is 53.4 Å². The maximum atomic E-state index is 13.0. The molecule has 0 radical (unpaired) electrons. The number of hydrogen-bond acceptors (Lipinski definition) is 2. The Morgan fingerprint density at radius 1 is 0.950 bits per heavy atom. The van der Waals surface area contributed by atoms with E-state index in [0.29, 0.717) is 4.90 Å². The van der Waals surface area contributed by atoms with Crippen LogP contribution in [0.25, 0.3) is 0 Å². The number of benzene rings is 2. The molecule has 0 amide bonds. The molecule has 0 aliphatic heterocycles. The van der Waals surface area contributed by atoms with Gasteiger partial charge in [0.2, 0.25) is 0 Å². The summed E-state index contributed by atoms with van der Waals surface area (Å²) >= 11 is 1.52. The number of phenols is 1. The molecule has 0 bridgehead atoms. The third kappa shape index (κ3) is 4.89. The van der Waals surface area contributed by atoms with E-state index in [9.17, 15) is 9.50 Å². The molecule has 2 aromatic carbocycles. The zero-order chi connectivity index (χ0) is 14.2. The summed E-state index contributed by atoms with van der Waals surface area (Å²) in [5.74, 6) is 0.779. The smallest absolute Gasteiger partial charge is 0.129 e. The Morgan fingerprint density at radius 2 is 1.75 bits per heavy atom. The highest BCUT2D eigenvalue weighted by molar-refractivity contribution is 7.99. The standard InChI is InChI=1S/C17H19FOS/c18-15-10-11-16(19)17(13-15)20-12-6-2-5-9-14-7-3-1-4-8-14/h1,3-4,7-8,10-11,13,19H,2,5-6,9,12H2. The van der Waals surface area contributed by atoms with E-state index < -0.39 is 0 Å². The number of rotatable bonds is 7. The number of unbranched alkanes of at least 4 members (excludes halogenated alkanes) is 2. The zero-order valence-corrected chi connectivity index (χ0v) is 12.2. The molecule has 1 N–H and O–H groups in total. The fourth-order valence-electron chi connectivity index (χ4n) is 2.04. The highest BCUT2D eigenvalue weighted by atomic mass is 32.2. The van der Waals surface area contributed by atoms with Crippen LogP contribution >= 0.6 is 11.8 Å². The largest absolute Gasteiger partial charge is 0.507 e. The van der Waals surface area contributed by atoms with Gasteiger partial charge in [0, 0.05) is 0 Å². The van der Waals surface area contributed by atoms with E-state index in [2.05, 4.69) is 24.3 Å². The van der Waals surface area contributed by atoms with Gasteiger partial charge in [-0.15, -0.1) is 11.8 Å². The lowest BCUT2D eigenvalue weighted by Crippen LogP contribution is -1.87. The Balaban J connectivity index is 1.63. The fraction of sp³-hybridized carbons (Fsp3) is 0.294. The predicted octanol–water partition coefficient (Wildman–Crippen LogP) is 5.04. The molecule has 2 aromatic rings. The van der Waals surface area contributed by atoms with Gasteiger partial charge in [0.25, 0.3) is 0 Å². The Morgan fingerprint density at radius 3 is 2.55 bits per heavy atom. The zero-order valence-electron chi connectivity index (χ0n) is 11.4. The van der Waals surface area contributed by atoms with E-state index in [1.54, 1.807) is 0 Å². The molecule has 0 aliphatic carbocycles. The molecule has 2 rings (SSSR count). The minimum absolute atomic E-state index is 0.167. The van der Waals surface area contributed by atoms with Gasteiger partial charge in [-0.2, -0.15) is 0 Å². The molecular formula is C17H19FOS. The van der Waals surface area contributed by atoms with Crippen LogP contribution in [0.5, 0.6) is 5.75 Å². The van der Waals surface area contributed by atoms with Crippen LogP contribution < -0.4 is 0 Å². The Hall–Kier alpha value is -1.48. The van der Waals surface area contributed by atoms with Gasteiger partial charge in [0.05, 0.1) is 4.90 Å². The predicted molar refractivity (Wildman–Crippen MR) is 82.8 cm³/mol. The number of aryl methyl sites for hydroxylation is 1. The van der Waals surface area contributed by atoms with Gasteiger partial charge in [-0.3, -0.25) is 0 Å². The van der Waals surface area contributed by atoms with Crippen molar-refractivity contribution in [1.82, 2.24) is 0 Å². The molecule has 0 heterocycles. The average Bonchev–Trinajstić information content (AvgIpc) is 2.47. The SMILES string of the molecule is Oc1ccc(F)cc1SCCCCCc1ccccc1. The fourth-order valence-corrected chi connectivity index (χ4v) is 3.02. The van der Waals surface area contributed by atoms with Crippen molar-refractivity contribution in [3.05, 3.63) is 59.9 Å². The van der Waals surface area contributed by atoms with Crippen molar-refractivity contribution in [3.8, 4) is 5.75 Å². The number of thioether (sulfide) groups is 1. The van der Waals surface area contributed by atoms with Crippen molar-refractivity contribution < 1.29 is 9.50 Å². The third-order valence-electron chi connectivity index (χ3n) is 3.13. The van der Waals surface area contributed by atoms with E-state index in [1.165, 1.54) is 41.9 Å². The Kier molecular flexibility index (Phi) is 5.93. The number of phenolic OH excluding ortho intramolecular Hbond substituents is 1. The van der Waals surface area contributed by atoms with Crippen LogP contribution in [-0.2, 0) is 6.42 Å². The molecule has 20 heavy (non-hydrogen) atoms. The first kappa shape index (κ1) is 14.9. The summed E-state index contributed by atoms with van der Waals surface area (Å²) in [7, 11) is 0. The van der Waals surface area contributed by atoms with E-state index in [4.69, 9.17) is 0 Å². The molecular weight excluding hydrogens is 271 g/mol. The minimum Gasteiger partial charge on any atom is -0.507 e. The Labute approximate surface area is 123 Å². The summed E-state index contributed by atoms with van der Waals surface area (Å²) in [5, 5.41) is 9.60. The van der Waals surface area contributed by atoms with Gasteiger partial charge in [0.15, 0.2) is 0 Å². The van der Waals surface area contributed by atoms with Gasteiger partial charge in [-0.1, -0.05) is 36.8 Å². The van der Waals surface area contributed by atoms with Crippen LogP contribution in [0.3, 0.4) is 0 Å². The first-order chi connectivity index (χ1) is 9.75. The molecule has 0 aliphatic rings. The van der Waals surface area contributed by atoms with Crippen LogP contribution in [0.1, 0.15) is 24.8 Å². The lowest BCUT2D eigenvalue weighted by molar-refractivity contribution is 0.459. The second-order valence-electron chi connectivity index (χ2n) is 4.76. The normalized spacial score (nSPS) is 10.7. The van der Waals surface area contributed by atoms with Crippen molar-refractivity contribution in [2.75, 3.05) is 5.75 Å². The van der Waals surface area contributed by atoms with Crippen molar-refractivity contribution in [1.29, 1.82) is 0 Å². The first-order valence-corrected chi connectivity index (χ1v) is 7.89. The van der Waals surface area contributed by atoms with E-state index in [1.807, 2.05) is 6.07 Å². The summed E-state index contributed by atoms with van der Waals surface area (Å²) in [6.07, 6.45) is 4.50. The monoisotopic (exact) mass is 290 g/mol. The van der Waals surface area contributed by atoms with Crippen molar-refractivity contribution in [2.45, 2.75) is 30.6 Å². The number of hydrogen-bond donors (Lipinski definition) is 1. The van der Waals surface area contributed by atoms with Gasteiger partial charge >= 0.3 is 0 Å². The minimum atomic E-state index is -0.297.